The van der Waals surface area contributed by atoms with Gasteiger partial charge in [-0.1, -0.05) is 15.9 Å². The molecule has 0 radical (unpaired) electrons. The van der Waals surface area contributed by atoms with Crippen molar-refractivity contribution in [1.82, 2.24) is 0 Å². The Kier molecular flexibility index (Phi) is 3.76. The number of hydrogen-bond donors (Lipinski definition) is 3. The van der Waals surface area contributed by atoms with Crippen LogP contribution in [0.4, 0.5) is 0 Å². The summed E-state index contributed by atoms with van der Waals surface area (Å²) in [5.74, 6) is -1.18. The molecule has 0 aliphatic rings. The smallest absolute Gasteiger partial charge is 0.320 e. The molecule has 0 saturated heterocycles. The van der Waals surface area contributed by atoms with Gasteiger partial charge in [-0.15, -0.1) is 0 Å². The van der Waals surface area contributed by atoms with E-state index in [1.54, 1.807) is 0 Å². The molecule has 0 amide bonds. The second-order valence-electron chi connectivity index (χ2n) is 1.49. The molecule has 0 rings (SSSR count). The van der Waals surface area contributed by atoms with Crippen LogP contribution in [0.15, 0.2) is 0 Å². The lowest BCUT2D eigenvalue weighted by molar-refractivity contribution is -0.138. The zero-order valence-corrected chi connectivity index (χ0v) is 6.08. The van der Waals surface area contributed by atoms with Crippen LogP contribution in [0.3, 0.4) is 0 Å². The monoisotopic (exact) mass is 198 g/mol. The first-order chi connectivity index (χ1) is 4.09. The quantitative estimate of drug-likeness (QED) is 0.519. The Labute approximate surface area is 60.2 Å². The molecule has 0 saturated carbocycles. The first-order valence-electron chi connectivity index (χ1n) is 2.25. The van der Waals surface area contributed by atoms with Gasteiger partial charge in [0.2, 0.25) is 0 Å². The molecule has 0 aromatic rings. The standard InChI is InChI=1S/C4H7BrO4/c5-3(4(8)9)2(7)1-6/h2-3,6-7H,1H2,(H,8,9)/t2-,3+/m1/s1. The third kappa shape index (κ3) is 2.78. The van der Waals surface area contributed by atoms with E-state index in [9.17, 15) is 4.79 Å². The lowest BCUT2D eigenvalue weighted by atomic mass is 10.3. The zero-order valence-electron chi connectivity index (χ0n) is 4.49. The molecule has 54 valence electrons. The number of alkyl halides is 1. The molecule has 3 N–H and O–H groups in total. The average Bonchev–Trinajstić information content (AvgIpc) is 1.84. The molecular weight excluding hydrogens is 192 g/mol. The Hall–Kier alpha value is -0.130. The van der Waals surface area contributed by atoms with Gasteiger partial charge in [-0.25, -0.2) is 0 Å². The molecule has 0 aliphatic carbocycles. The van der Waals surface area contributed by atoms with Crippen LogP contribution in [-0.2, 0) is 4.79 Å². The summed E-state index contributed by atoms with van der Waals surface area (Å²) in [6.07, 6.45) is -1.23. The summed E-state index contributed by atoms with van der Waals surface area (Å²) in [6.45, 7) is -0.553. The van der Waals surface area contributed by atoms with Crippen molar-refractivity contribution in [1.29, 1.82) is 0 Å². The number of carbonyl (C=O) groups is 1. The van der Waals surface area contributed by atoms with E-state index in [0.717, 1.165) is 0 Å². The van der Waals surface area contributed by atoms with Crippen molar-refractivity contribution in [3.63, 3.8) is 0 Å². The van der Waals surface area contributed by atoms with Crippen molar-refractivity contribution in [2.24, 2.45) is 0 Å². The van der Waals surface area contributed by atoms with Crippen LogP contribution in [0.2, 0.25) is 0 Å². The largest absolute Gasteiger partial charge is 0.480 e. The highest BCUT2D eigenvalue weighted by molar-refractivity contribution is 9.10. The van der Waals surface area contributed by atoms with Crippen molar-refractivity contribution in [2.75, 3.05) is 6.61 Å². The summed E-state index contributed by atoms with van der Waals surface area (Å²) in [4.78, 5) is 8.90. The van der Waals surface area contributed by atoms with Crippen LogP contribution in [-0.4, -0.2) is 38.8 Å². The number of hydrogen-bond acceptors (Lipinski definition) is 3. The van der Waals surface area contributed by atoms with Gasteiger partial charge in [0.15, 0.2) is 0 Å². The number of carboxylic acids is 1. The van der Waals surface area contributed by atoms with E-state index >= 15 is 0 Å². The molecule has 5 heteroatoms. The van der Waals surface area contributed by atoms with Crippen LogP contribution in [0.25, 0.3) is 0 Å². The van der Waals surface area contributed by atoms with Gasteiger partial charge in [0.05, 0.1) is 6.61 Å². The van der Waals surface area contributed by atoms with Crippen molar-refractivity contribution in [2.45, 2.75) is 10.9 Å². The minimum absolute atomic E-state index is 0.553. The normalized spacial score (nSPS) is 16.8. The van der Waals surface area contributed by atoms with E-state index in [-0.39, 0.29) is 0 Å². The maximum atomic E-state index is 9.98. The Bertz CT molecular complexity index is 105. The highest BCUT2D eigenvalue weighted by atomic mass is 79.9. The zero-order chi connectivity index (χ0) is 7.44. The average molecular weight is 199 g/mol. The lowest BCUT2D eigenvalue weighted by Gasteiger charge is -2.08. The molecule has 0 unspecified atom stereocenters. The first-order valence-corrected chi connectivity index (χ1v) is 3.17. The van der Waals surface area contributed by atoms with Crippen LogP contribution >= 0.6 is 15.9 Å². The van der Waals surface area contributed by atoms with Gasteiger partial charge in [0, 0.05) is 0 Å². The summed E-state index contributed by atoms with van der Waals surface area (Å²) < 4.78 is 0. The van der Waals surface area contributed by atoms with Crippen molar-refractivity contribution < 1.29 is 20.1 Å². The maximum absolute atomic E-state index is 9.98. The highest BCUT2D eigenvalue weighted by Gasteiger charge is 2.21. The van der Waals surface area contributed by atoms with Gasteiger partial charge < -0.3 is 15.3 Å². The lowest BCUT2D eigenvalue weighted by Crippen LogP contribution is -2.31. The Morgan fingerprint density at radius 2 is 2.11 bits per heavy atom. The Morgan fingerprint density at radius 3 is 2.22 bits per heavy atom. The van der Waals surface area contributed by atoms with Gasteiger partial charge >= 0.3 is 5.97 Å². The summed E-state index contributed by atoms with van der Waals surface area (Å²) in [7, 11) is 0. The molecule has 9 heavy (non-hydrogen) atoms. The molecule has 2 atom stereocenters. The topological polar surface area (TPSA) is 77.8 Å². The summed E-state index contributed by atoms with van der Waals surface area (Å²) in [5.41, 5.74) is 0. The SMILES string of the molecule is O=C(O)[C@@H](Br)[C@H](O)CO. The fourth-order valence-electron chi connectivity index (χ4n) is 0.257. The Morgan fingerprint density at radius 1 is 1.67 bits per heavy atom. The Balaban J connectivity index is 3.72. The molecule has 0 bridgehead atoms. The van der Waals surface area contributed by atoms with E-state index in [0.29, 0.717) is 0 Å². The van der Waals surface area contributed by atoms with E-state index in [1.165, 1.54) is 0 Å². The number of aliphatic hydroxyl groups is 2. The first kappa shape index (κ1) is 8.87. The highest BCUT2D eigenvalue weighted by Crippen LogP contribution is 2.04. The van der Waals surface area contributed by atoms with Gasteiger partial charge in [-0.2, -0.15) is 0 Å². The van der Waals surface area contributed by atoms with Crippen LogP contribution < -0.4 is 0 Å². The van der Waals surface area contributed by atoms with E-state index in [2.05, 4.69) is 15.9 Å². The number of rotatable bonds is 3. The van der Waals surface area contributed by atoms with Crippen LogP contribution in [0.1, 0.15) is 0 Å². The molecule has 0 fully saturated rings. The summed E-state index contributed by atoms with van der Waals surface area (Å²) in [6, 6.07) is 0. The van der Waals surface area contributed by atoms with E-state index < -0.39 is 23.5 Å². The summed E-state index contributed by atoms with van der Waals surface area (Å²) in [5, 5.41) is 25.0. The molecule has 4 nitrogen and oxygen atoms in total. The van der Waals surface area contributed by atoms with Crippen molar-refractivity contribution in [3.05, 3.63) is 0 Å². The predicted octanol–water partition coefficient (Wildman–Crippen LogP) is -0.812. The summed E-state index contributed by atoms with van der Waals surface area (Å²) >= 11 is 2.66. The molecule has 0 aromatic carbocycles. The molecule has 0 aromatic heterocycles. The van der Waals surface area contributed by atoms with Crippen molar-refractivity contribution >= 4 is 21.9 Å². The predicted molar refractivity (Wildman–Crippen MR) is 33.4 cm³/mol. The van der Waals surface area contributed by atoms with Crippen LogP contribution in [0, 0.1) is 0 Å². The van der Waals surface area contributed by atoms with Crippen LogP contribution in [0.5, 0.6) is 0 Å². The van der Waals surface area contributed by atoms with E-state index in [4.69, 9.17) is 15.3 Å². The number of halogens is 1. The molecule has 0 spiro atoms. The maximum Gasteiger partial charge on any atom is 0.320 e. The van der Waals surface area contributed by atoms with E-state index in [1.807, 2.05) is 0 Å². The second-order valence-corrected chi connectivity index (χ2v) is 2.48. The third-order valence-corrected chi connectivity index (χ3v) is 1.76. The van der Waals surface area contributed by atoms with Gasteiger partial charge in [0.1, 0.15) is 10.9 Å². The number of carboxylic acid groups (broad SMARTS) is 1. The van der Waals surface area contributed by atoms with Gasteiger partial charge in [-0.05, 0) is 0 Å². The number of aliphatic carboxylic acids is 1. The number of aliphatic hydroxyl groups excluding tert-OH is 2. The van der Waals surface area contributed by atoms with Gasteiger partial charge in [0.25, 0.3) is 0 Å². The second kappa shape index (κ2) is 3.81. The third-order valence-electron chi connectivity index (χ3n) is 0.761. The molecule has 0 heterocycles. The fourth-order valence-corrected chi connectivity index (χ4v) is 0.424. The minimum Gasteiger partial charge on any atom is -0.480 e. The van der Waals surface area contributed by atoms with Crippen molar-refractivity contribution in [3.8, 4) is 0 Å². The molecular formula is C4H7BrO4. The molecule has 0 aliphatic heterocycles. The van der Waals surface area contributed by atoms with Gasteiger partial charge in [-0.3, -0.25) is 4.79 Å². The fraction of sp³-hybridized carbons (Fsp3) is 0.750. The minimum atomic E-state index is -1.23.